The van der Waals surface area contributed by atoms with Gasteiger partial charge in [-0.15, -0.1) is 0 Å². The number of hydrogen-bond donors (Lipinski definition) is 2. The molecule has 59 heavy (non-hydrogen) atoms. The number of hydrogen-bond acceptors (Lipinski definition) is 4. The van der Waals surface area contributed by atoms with Crippen molar-refractivity contribution in [2.24, 2.45) is 0 Å². The van der Waals surface area contributed by atoms with Crippen molar-refractivity contribution in [3.63, 3.8) is 0 Å². The topological polar surface area (TPSA) is 58.9 Å². The molecule has 0 unspecified atom stereocenters. The van der Waals surface area contributed by atoms with Crippen molar-refractivity contribution < 1.29 is 46.1 Å². The third-order valence-electron chi connectivity index (χ3n) is 13.0. The normalized spacial score (nSPS) is 18.9. The van der Waals surface area contributed by atoms with Crippen LogP contribution in [0.5, 0.6) is 0 Å². The number of ether oxygens (including phenoxy) is 2. The third kappa shape index (κ3) is 5.05. The second kappa shape index (κ2) is 13.5. The fourth-order valence-electron chi connectivity index (χ4n) is 10.5. The molecule has 1 saturated heterocycles. The van der Waals surface area contributed by atoms with Gasteiger partial charge in [-0.2, -0.15) is 0 Å². The van der Waals surface area contributed by atoms with Crippen LogP contribution < -0.4 is 0 Å². The molecule has 7 heteroatoms. The van der Waals surface area contributed by atoms with Crippen LogP contribution >= 0.6 is 0 Å². The summed E-state index contributed by atoms with van der Waals surface area (Å²) in [6.45, 7) is 1.91. The average Bonchev–Trinajstić information content (AvgIpc) is 3.89. The molecule has 0 saturated carbocycles. The molecule has 0 spiro atoms. The van der Waals surface area contributed by atoms with Gasteiger partial charge < -0.3 is 19.7 Å². The Labute approximate surface area is 349 Å². The number of benzene rings is 9. The van der Waals surface area contributed by atoms with Crippen molar-refractivity contribution in [2.45, 2.75) is 36.1 Å². The molecule has 9 aromatic rings. The minimum atomic E-state index is -2.50. The summed E-state index contributed by atoms with van der Waals surface area (Å²) < 4.78 is 34.1. The summed E-state index contributed by atoms with van der Waals surface area (Å²) in [6.07, 6.45) is -2.14. The van der Waals surface area contributed by atoms with Crippen LogP contribution in [0.4, 0.5) is 6.18 Å². The van der Waals surface area contributed by atoms with E-state index in [2.05, 4.69) is 97.1 Å². The quantitative estimate of drug-likeness (QED) is 0.175. The molecule has 1 fully saturated rings. The van der Waals surface area contributed by atoms with E-state index in [1.54, 1.807) is 0 Å². The Morgan fingerprint density at radius 1 is 0.407 bits per heavy atom. The van der Waals surface area contributed by atoms with Gasteiger partial charge in [0.15, 0.2) is 5.79 Å². The molecule has 3 aliphatic rings. The SMILES string of the molecule is CC1(c2ccccc2)O[C@@H](C2(O)c3ccc4ccccc4c3-c3c2ccc2ccccc32)[C@H](C2(O)c3ccc4ccccc4c3-c3c2ccc2ccccc32)O1.[F][Ti][F]. The second-order valence-electron chi connectivity index (χ2n) is 15.8. The number of rotatable bonds is 3. The van der Waals surface area contributed by atoms with E-state index in [1.165, 1.54) is 0 Å². The van der Waals surface area contributed by atoms with Gasteiger partial charge in [-0.05, 0) is 94.5 Å². The van der Waals surface area contributed by atoms with Gasteiger partial charge in [-0.3, -0.25) is 0 Å². The molecule has 12 rings (SSSR count). The molecule has 9 aromatic carbocycles. The van der Waals surface area contributed by atoms with Crippen LogP contribution in [0.25, 0.3) is 65.3 Å². The Morgan fingerprint density at radius 3 is 0.983 bits per heavy atom. The second-order valence-corrected chi connectivity index (χ2v) is 16.1. The summed E-state index contributed by atoms with van der Waals surface area (Å²) in [4.78, 5) is 0. The zero-order chi connectivity index (χ0) is 40.1. The first-order valence-corrected chi connectivity index (χ1v) is 20.9. The third-order valence-corrected chi connectivity index (χ3v) is 13.0. The number of aliphatic hydroxyl groups is 2. The maximum absolute atomic E-state index is 14.1. The van der Waals surface area contributed by atoms with Crippen molar-refractivity contribution in [1.82, 2.24) is 0 Å². The van der Waals surface area contributed by atoms with Crippen LogP contribution in [0.2, 0.25) is 0 Å². The van der Waals surface area contributed by atoms with Gasteiger partial charge in [0.05, 0.1) is 0 Å². The van der Waals surface area contributed by atoms with Crippen LogP contribution in [0.15, 0.2) is 176 Å². The van der Waals surface area contributed by atoms with Crippen molar-refractivity contribution >= 4 is 43.1 Å². The van der Waals surface area contributed by atoms with E-state index in [-0.39, 0.29) is 0 Å². The van der Waals surface area contributed by atoms with Gasteiger partial charge in [0.2, 0.25) is 0 Å². The van der Waals surface area contributed by atoms with E-state index in [9.17, 15) is 16.4 Å². The molecule has 286 valence electrons. The van der Waals surface area contributed by atoms with E-state index >= 15 is 0 Å². The Kier molecular flexibility index (Phi) is 8.34. The van der Waals surface area contributed by atoms with Gasteiger partial charge in [0, 0.05) is 5.56 Å². The standard InChI is InChI=1S/C52H36O4.2FH.Ti/c1-50(35-17-3-2-4-18-35)55-48(51(53)40-27-23-31-13-5-9-19-36(31)44(40)45-37-20-10-6-14-32(37)24-28-41(45)51)49(56-50)52(54)42-29-25-33-15-7-11-21-38(33)46(42)47-39-22-12-8-16-34(39)26-30-43(47)52;;;/h2-30,48-49,53-54H,1H3;2*1H;/q;;;+2/p-2/t48-,49-;;;/m1.../s1. The first-order chi connectivity index (χ1) is 28.8. The van der Waals surface area contributed by atoms with E-state index < -0.39 is 49.4 Å². The molecular weight excluding hydrogens is 774 g/mol. The maximum atomic E-state index is 14.1. The van der Waals surface area contributed by atoms with Crippen molar-refractivity contribution in [3.8, 4) is 22.3 Å². The molecule has 2 N–H and O–H groups in total. The van der Waals surface area contributed by atoms with Crippen LogP contribution in [-0.2, 0) is 46.7 Å². The first-order valence-electron chi connectivity index (χ1n) is 19.7. The van der Waals surface area contributed by atoms with Gasteiger partial charge >= 0.3 is 26.4 Å². The van der Waals surface area contributed by atoms with Crippen molar-refractivity contribution in [3.05, 3.63) is 204 Å². The van der Waals surface area contributed by atoms with Gasteiger partial charge in [-0.25, -0.2) is 0 Å². The van der Waals surface area contributed by atoms with E-state index in [1.807, 2.05) is 85.8 Å². The van der Waals surface area contributed by atoms with E-state index in [0.717, 1.165) is 93.2 Å². The van der Waals surface area contributed by atoms with Gasteiger partial charge in [-0.1, -0.05) is 176 Å². The van der Waals surface area contributed by atoms with Crippen LogP contribution in [0, 0.1) is 0 Å². The fraction of sp³-hybridized carbons (Fsp3) is 0.115. The Hall–Kier alpha value is -5.57. The van der Waals surface area contributed by atoms with E-state index in [4.69, 9.17) is 9.47 Å². The molecule has 4 nitrogen and oxygen atoms in total. The Balaban J connectivity index is 0.00000129. The molecule has 0 radical (unpaired) electrons. The Morgan fingerprint density at radius 2 is 0.678 bits per heavy atom. The Bertz CT molecular complexity index is 2790. The monoisotopic (exact) mass is 810 g/mol. The van der Waals surface area contributed by atoms with Crippen LogP contribution in [-0.4, -0.2) is 22.4 Å². The first kappa shape index (κ1) is 36.5. The molecule has 1 heterocycles. The van der Waals surface area contributed by atoms with E-state index in [0.29, 0.717) is 0 Å². The molecular formula is C52H36F2O4Ti. The summed E-state index contributed by atoms with van der Waals surface area (Å²) in [5.74, 6) is -1.32. The average molecular weight is 811 g/mol. The molecule has 0 amide bonds. The molecule has 2 aliphatic carbocycles. The van der Waals surface area contributed by atoms with Crippen LogP contribution in [0.3, 0.4) is 0 Å². The van der Waals surface area contributed by atoms with Crippen molar-refractivity contribution in [1.29, 1.82) is 0 Å². The number of fused-ring (bicyclic) bond motifs is 14. The molecule has 1 aliphatic heterocycles. The zero-order valence-corrected chi connectivity index (χ0v) is 33.4. The summed E-state index contributed by atoms with van der Waals surface area (Å²) in [6, 6.07) is 59.8. The van der Waals surface area contributed by atoms with Crippen molar-refractivity contribution in [2.75, 3.05) is 0 Å². The molecule has 0 aromatic heterocycles. The predicted molar refractivity (Wildman–Crippen MR) is 226 cm³/mol. The fourth-order valence-corrected chi connectivity index (χ4v) is 10.5. The van der Waals surface area contributed by atoms with Crippen LogP contribution in [0.1, 0.15) is 34.7 Å². The summed E-state index contributed by atoms with van der Waals surface area (Å²) in [5, 5.41) is 36.7. The van der Waals surface area contributed by atoms with Gasteiger partial charge in [0.25, 0.3) is 0 Å². The molecule has 2 atom stereocenters. The zero-order valence-electron chi connectivity index (χ0n) is 31.9. The van der Waals surface area contributed by atoms with Gasteiger partial charge in [0.1, 0.15) is 23.4 Å². The molecule has 0 bridgehead atoms. The number of halogens is 2. The summed E-state index contributed by atoms with van der Waals surface area (Å²) in [5.41, 5.74) is 4.17. The summed E-state index contributed by atoms with van der Waals surface area (Å²) >= 11 is -2.50. The predicted octanol–water partition coefficient (Wildman–Crippen LogP) is 11.9. The summed E-state index contributed by atoms with van der Waals surface area (Å²) in [7, 11) is 0. The minimum absolute atomic E-state index is 0.734.